The molecule has 1 aromatic heterocycles. The van der Waals surface area contributed by atoms with Crippen molar-refractivity contribution in [3.63, 3.8) is 0 Å². The lowest BCUT2D eigenvalue weighted by Crippen LogP contribution is -2.04. The maximum Gasteiger partial charge on any atom is 0.336 e. The third-order valence-electron chi connectivity index (χ3n) is 3.68. The highest BCUT2D eigenvalue weighted by atomic mass is 16.5. The van der Waals surface area contributed by atoms with Crippen LogP contribution in [0.2, 0.25) is 0 Å². The van der Waals surface area contributed by atoms with E-state index in [-0.39, 0.29) is 12.2 Å². The molecule has 4 nitrogen and oxygen atoms in total. The number of ether oxygens (including phenoxy) is 1. The molecular formula is C19H15NO3. The lowest BCUT2D eigenvalue weighted by Gasteiger charge is -2.09. The van der Waals surface area contributed by atoms with Crippen LogP contribution in [0.3, 0.4) is 0 Å². The molecule has 4 heteroatoms. The zero-order valence-corrected chi connectivity index (χ0v) is 12.7. The lowest BCUT2D eigenvalue weighted by molar-refractivity contribution is 0.306. The van der Waals surface area contributed by atoms with Gasteiger partial charge < -0.3 is 9.15 Å². The van der Waals surface area contributed by atoms with Crippen molar-refractivity contribution in [3.05, 3.63) is 75.6 Å². The Bertz CT molecular complexity index is 933. The second kappa shape index (κ2) is 6.37. The minimum absolute atomic E-state index is 0.263. The Labute approximate surface area is 133 Å². The maximum atomic E-state index is 11.7. The van der Waals surface area contributed by atoms with Crippen LogP contribution in [0.4, 0.5) is 0 Å². The lowest BCUT2D eigenvalue weighted by atomic mass is 10.1. The maximum absolute atomic E-state index is 11.7. The molecule has 0 amide bonds. The molecule has 1 heterocycles. The van der Waals surface area contributed by atoms with E-state index in [1.807, 2.05) is 18.2 Å². The van der Waals surface area contributed by atoms with E-state index in [0.717, 1.165) is 22.9 Å². The number of fused-ring (bicyclic) bond motifs is 1. The van der Waals surface area contributed by atoms with Crippen molar-refractivity contribution in [1.29, 1.82) is 5.26 Å². The molecule has 2 aromatic carbocycles. The molecule has 0 bridgehead atoms. The zero-order valence-electron chi connectivity index (χ0n) is 12.7. The molecule has 0 radical (unpaired) electrons. The summed E-state index contributed by atoms with van der Waals surface area (Å²) in [5.41, 5.74) is 2.67. The number of nitrogens with zero attached hydrogens (tertiary/aromatic N) is 1. The summed E-state index contributed by atoms with van der Waals surface area (Å²) >= 11 is 0. The predicted molar refractivity (Wildman–Crippen MR) is 87.4 cm³/mol. The summed E-state index contributed by atoms with van der Waals surface area (Å²) in [7, 11) is 0. The number of hydrogen-bond acceptors (Lipinski definition) is 4. The summed E-state index contributed by atoms with van der Waals surface area (Å²) < 4.78 is 11.0. The Morgan fingerprint density at radius 1 is 1.13 bits per heavy atom. The van der Waals surface area contributed by atoms with Gasteiger partial charge in [0.2, 0.25) is 0 Å². The van der Waals surface area contributed by atoms with E-state index in [4.69, 9.17) is 14.4 Å². The molecule has 114 valence electrons. The van der Waals surface area contributed by atoms with E-state index < -0.39 is 0 Å². The van der Waals surface area contributed by atoms with Crippen molar-refractivity contribution in [2.24, 2.45) is 0 Å². The van der Waals surface area contributed by atoms with Crippen LogP contribution in [0.15, 0.2) is 57.7 Å². The Morgan fingerprint density at radius 2 is 1.91 bits per heavy atom. The molecule has 0 saturated heterocycles. The van der Waals surface area contributed by atoms with Crippen LogP contribution in [0.25, 0.3) is 11.0 Å². The van der Waals surface area contributed by atoms with Gasteiger partial charge in [0.05, 0.1) is 11.6 Å². The summed E-state index contributed by atoms with van der Waals surface area (Å²) in [6, 6.07) is 16.2. The Morgan fingerprint density at radius 3 is 2.61 bits per heavy atom. The summed E-state index contributed by atoms with van der Waals surface area (Å²) in [5.74, 6) is 0.649. The van der Waals surface area contributed by atoms with Crippen molar-refractivity contribution in [2.45, 2.75) is 20.0 Å². The van der Waals surface area contributed by atoms with Crippen molar-refractivity contribution in [2.75, 3.05) is 0 Å². The molecule has 0 aliphatic rings. The van der Waals surface area contributed by atoms with E-state index in [9.17, 15) is 4.79 Å². The van der Waals surface area contributed by atoms with Gasteiger partial charge in [0.1, 0.15) is 17.9 Å². The molecule has 0 aliphatic carbocycles. The van der Waals surface area contributed by atoms with Crippen molar-refractivity contribution < 1.29 is 9.15 Å². The quantitative estimate of drug-likeness (QED) is 0.688. The van der Waals surface area contributed by atoms with Gasteiger partial charge >= 0.3 is 5.63 Å². The third kappa shape index (κ3) is 3.24. The Balaban J connectivity index is 1.89. The number of aryl methyl sites for hydroxylation is 1. The van der Waals surface area contributed by atoms with Crippen molar-refractivity contribution in [1.82, 2.24) is 0 Å². The largest absolute Gasteiger partial charge is 0.489 e. The van der Waals surface area contributed by atoms with E-state index >= 15 is 0 Å². The molecule has 0 unspecified atom stereocenters. The van der Waals surface area contributed by atoms with Crippen LogP contribution in [-0.2, 0) is 13.0 Å². The van der Waals surface area contributed by atoms with Gasteiger partial charge in [-0.2, -0.15) is 5.26 Å². The Kier molecular flexibility index (Phi) is 4.11. The second-order valence-corrected chi connectivity index (χ2v) is 5.20. The smallest absolute Gasteiger partial charge is 0.336 e. The third-order valence-corrected chi connectivity index (χ3v) is 3.68. The highest BCUT2D eigenvalue weighted by Gasteiger charge is 2.07. The highest BCUT2D eigenvalue weighted by molar-refractivity contribution is 5.80. The minimum atomic E-state index is -0.385. The first-order chi connectivity index (χ1) is 11.2. The van der Waals surface area contributed by atoms with Crippen LogP contribution in [0, 0.1) is 11.3 Å². The van der Waals surface area contributed by atoms with Crippen LogP contribution >= 0.6 is 0 Å². The van der Waals surface area contributed by atoms with E-state index in [2.05, 4.69) is 13.0 Å². The van der Waals surface area contributed by atoms with Crippen molar-refractivity contribution in [3.8, 4) is 11.8 Å². The first-order valence-electron chi connectivity index (χ1n) is 7.38. The molecule has 0 N–H and O–H groups in total. The van der Waals surface area contributed by atoms with E-state index in [0.29, 0.717) is 16.9 Å². The molecule has 3 rings (SSSR count). The molecule has 3 aromatic rings. The van der Waals surface area contributed by atoms with Crippen LogP contribution in [0.5, 0.6) is 5.75 Å². The predicted octanol–water partition coefficient (Wildman–Crippen LogP) is 3.81. The van der Waals surface area contributed by atoms with Crippen molar-refractivity contribution >= 4 is 11.0 Å². The second-order valence-electron chi connectivity index (χ2n) is 5.20. The highest BCUT2D eigenvalue weighted by Crippen LogP contribution is 2.21. The standard InChI is InChI=1S/C19H15NO3/c1-2-13-5-8-17-15(10-19(21)23-18(17)9-13)12-22-16-6-3-14(11-20)4-7-16/h3-10H,2,12H2,1H3. The summed E-state index contributed by atoms with van der Waals surface area (Å²) in [4.78, 5) is 11.7. The van der Waals surface area contributed by atoms with Crippen LogP contribution in [0.1, 0.15) is 23.6 Å². The minimum Gasteiger partial charge on any atom is -0.489 e. The van der Waals surface area contributed by atoms with Gasteiger partial charge in [-0.1, -0.05) is 19.1 Å². The molecule has 0 atom stereocenters. The molecule has 0 aliphatic heterocycles. The van der Waals surface area contributed by atoms with Gasteiger partial charge in [-0.3, -0.25) is 0 Å². The molecular weight excluding hydrogens is 290 g/mol. The number of benzene rings is 2. The molecule has 23 heavy (non-hydrogen) atoms. The molecule has 0 spiro atoms. The topological polar surface area (TPSA) is 63.2 Å². The van der Waals surface area contributed by atoms with E-state index in [1.165, 1.54) is 6.07 Å². The van der Waals surface area contributed by atoms with Gasteiger partial charge in [0.25, 0.3) is 0 Å². The SMILES string of the molecule is CCc1ccc2c(COc3ccc(C#N)cc3)cc(=O)oc2c1. The summed E-state index contributed by atoms with van der Waals surface area (Å²) in [6.07, 6.45) is 0.881. The van der Waals surface area contributed by atoms with Gasteiger partial charge in [0.15, 0.2) is 0 Å². The normalized spacial score (nSPS) is 10.4. The molecule has 0 saturated carbocycles. The van der Waals surface area contributed by atoms with Gasteiger partial charge in [0, 0.05) is 17.0 Å². The fourth-order valence-electron chi connectivity index (χ4n) is 2.40. The summed E-state index contributed by atoms with van der Waals surface area (Å²) in [5, 5.41) is 9.66. The number of rotatable bonds is 4. The molecule has 0 fully saturated rings. The zero-order chi connectivity index (χ0) is 16.2. The van der Waals surface area contributed by atoms with Gasteiger partial charge in [-0.25, -0.2) is 4.79 Å². The van der Waals surface area contributed by atoms with Crippen LogP contribution in [-0.4, -0.2) is 0 Å². The number of hydrogen-bond donors (Lipinski definition) is 0. The van der Waals surface area contributed by atoms with E-state index in [1.54, 1.807) is 24.3 Å². The van der Waals surface area contributed by atoms with Gasteiger partial charge in [-0.05, 0) is 42.3 Å². The first kappa shape index (κ1) is 14.9. The average Bonchev–Trinajstić information content (AvgIpc) is 2.59. The fourth-order valence-corrected chi connectivity index (χ4v) is 2.40. The van der Waals surface area contributed by atoms with Crippen LogP contribution < -0.4 is 10.4 Å². The number of nitriles is 1. The monoisotopic (exact) mass is 305 g/mol. The Hall–Kier alpha value is -3.06. The first-order valence-corrected chi connectivity index (χ1v) is 7.38. The van der Waals surface area contributed by atoms with Gasteiger partial charge in [-0.15, -0.1) is 0 Å². The summed E-state index contributed by atoms with van der Waals surface area (Å²) in [6.45, 7) is 2.32. The fraction of sp³-hybridized carbons (Fsp3) is 0.158. The average molecular weight is 305 g/mol.